The summed E-state index contributed by atoms with van der Waals surface area (Å²) in [7, 11) is -2.44. The monoisotopic (exact) mass is 608 g/mol. The molecule has 0 unspecified atom stereocenters. The normalized spacial score (nSPS) is 11.7. The average molecular weight is 610 g/mol. The van der Waals surface area contributed by atoms with Crippen molar-refractivity contribution in [1.82, 2.24) is 0 Å². The summed E-state index contributed by atoms with van der Waals surface area (Å²) < 4.78 is 33.8. The number of hydrogen-bond acceptors (Lipinski definition) is 5. The van der Waals surface area contributed by atoms with Crippen molar-refractivity contribution in [3.63, 3.8) is 0 Å². The highest BCUT2D eigenvalue weighted by Gasteiger charge is 2.30. The molecule has 0 bridgehead atoms. The summed E-state index contributed by atoms with van der Waals surface area (Å²) in [5.41, 5.74) is 1.37. The van der Waals surface area contributed by atoms with Gasteiger partial charge in [0.2, 0.25) is 10.0 Å². The van der Waals surface area contributed by atoms with E-state index in [1.54, 1.807) is 66.7 Å². The minimum Gasteiger partial charge on any atom is -0.492 e. The Labute approximate surface area is 237 Å². The number of para-hydroxylation sites is 1. The van der Waals surface area contributed by atoms with E-state index in [9.17, 15) is 18.0 Å². The minimum absolute atomic E-state index is 0.110. The lowest BCUT2D eigenvalue weighted by molar-refractivity contribution is -0.112. The molecule has 0 aliphatic carbocycles. The van der Waals surface area contributed by atoms with E-state index in [0.29, 0.717) is 11.1 Å². The molecule has 0 heterocycles. The van der Waals surface area contributed by atoms with Gasteiger partial charge in [-0.05, 0) is 58.1 Å². The van der Waals surface area contributed by atoms with E-state index in [-0.39, 0.29) is 22.7 Å². The molecular weight excluding hydrogens is 580 g/mol. The summed E-state index contributed by atoms with van der Waals surface area (Å²) in [6, 6.07) is 22.7. The third kappa shape index (κ3) is 5.84. The summed E-state index contributed by atoms with van der Waals surface area (Å²) >= 11 is 3.49. The van der Waals surface area contributed by atoms with E-state index < -0.39 is 27.1 Å². The topological polar surface area (TPSA) is 92.8 Å². The third-order valence-electron chi connectivity index (χ3n) is 6.25. The van der Waals surface area contributed by atoms with E-state index in [1.165, 1.54) is 11.4 Å². The van der Waals surface area contributed by atoms with Crippen LogP contribution in [-0.2, 0) is 20.2 Å². The molecule has 39 heavy (non-hydrogen) atoms. The van der Waals surface area contributed by atoms with Gasteiger partial charge in [-0.25, -0.2) is 12.7 Å². The van der Waals surface area contributed by atoms with E-state index in [1.807, 2.05) is 32.9 Å². The number of benzene rings is 4. The van der Waals surface area contributed by atoms with Gasteiger partial charge >= 0.3 is 0 Å². The lowest BCUT2D eigenvalue weighted by atomic mass is 9.86. The largest absolute Gasteiger partial charge is 0.492 e. The number of anilines is 3. The fourth-order valence-electron chi connectivity index (χ4n) is 4.34. The van der Waals surface area contributed by atoms with Crippen LogP contribution in [0, 0.1) is 0 Å². The molecule has 7 nitrogen and oxygen atoms in total. The Morgan fingerprint density at radius 2 is 1.51 bits per heavy atom. The lowest BCUT2D eigenvalue weighted by Gasteiger charge is -2.29. The standard InChI is InChI=1S/C30H29BrN2O5S/c1-30(2,3)19-17-25(28(38-4)26(18-19)33(39(5,36)37)20-11-7-6-8-12-20)32-29(35)27(34)23-15-16-24(31)22-14-10-9-13-21(22)23/h6-18H,1-5H3,(H,32,35). The van der Waals surface area contributed by atoms with Gasteiger partial charge in [0.25, 0.3) is 11.7 Å². The first-order valence-corrected chi connectivity index (χ1v) is 14.8. The maximum Gasteiger partial charge on any atom is 0.296 e. The minimum atomic E-state index is -3.83. The van der Waals surface area contributed by atoms with Crippen molar-refractivity contribution in [3.8, 4) is 5.75 Å². The third-order valence-corrected chi connectivity index (χ3v) is 8.01. The van der Waals surface area contributed by atoms with Crippen molar-refractivity contribution in [3.05, 3.63) is 94.5 Å². The van der Waals surface area contributed by atoms with Crippen LogP contribution in [0.4, 0.5) is 17.1 Å². The molecule has 0 aromatic heterocycles. The first kappa shape index (κ1) is 28.3. The number of rotatable bonds is 7. The summed E-state index contributed by atoms with van der Waals surface area (Å²) in [5, 5.41) is 4.14. The van der Waals surface area contributed by atoms with Crippen molar-refractivity contribution < 1.29 is 22.7 Å². The highest BCUT2D eigenvalue weighted by atomic mass is 79.9. The number of Topliss-reactive ketones (excluding diaryl/α,β-unsaturated/α-hetero) is 1. The number of fused-ring (bicyclic) bond motifs is 1. The maximum absolute atomic E-state index is 13.4. The molecule has 9 heteroatoms. The molecule has 0 atom stereocenters. The molecule has 0 radical (unpaired) electrons. The molecule has 202 valence electrons. The SMILES string of the molecule is COc1c(NC(=O)C(=O)c2ccc(Br)c3ccccc23)cc(C(C)(C)C)cc1N(c1ccccc1)S(C)(=O)=O. The Morgan fingerprint density at radius 3 is 2.10 bits per heavy atom. The molecule has 4 rings (SSSR count). The van der Waals surface area contributed by atoms with Crippen LogP contribution >= 0.6 is 15.9 Å². The van der Waals surface area contributed by atoms with Gasteiger partial charge in [0.05, 0.1) is 24.7 Å². The molecule has 0 fully saturated rings. The number of hydrogen-bond donors (Lipinski definition) is 1. The van der Waals surface area contributed by atoms with Gasteiger partial charge in [-0.3, -0.25) is 9.59 Å². The first-order valence-electron chi connectivity index (χ1n) is 12.1. The van der Waals surface area contributed by atoms with Crippen molar-refractivity contribution in [2.75, 3.05) is 23.0 Å². The van der Waals surface area contributed by atoms with Gasteiger partial charge in [0.15, 0.2) is 5.75 Å². The number of halogens is 1. The number of methoxy groups -OCH3 is 1. The van der Waals surface area contributed by atoms with E-state index >= 15 is 0 Å². The zero-order chi connectivity index (χ0) is 28.5. The predicted octanol–water partition coefficient (Wildman–Crippen LogP) is 6.83. The number of nitrogens with one attached hydrogen (secondary N) is 1. The smallest absolute Gasteiger partial charge is 0.296 e. The van der Waals surface area contributed by atoms with Crippen LogP contribution in [-0.4, -0.2) is 33.5 Å². The summed E-state index contributed by atoms with van der Waals surface area (Å²) in [5.74, 6) is -1.49. The zero-order valence-electron chi connectivity index (χ0n) is 22.3. The molecule has 4 aromatic rings. The molecular formula is C30H29BrN2O5S. The Bertz CT molecular complexity index is 1680. The van der Waals surface area contributed by atoms with Crippen LogP contribution in [0.3, 0.4) is 0 Å². The van der Waals surface area contributed by atoms with Gasteiger partial charge in [0, 0.05) is 10.0 Å². The van der Waals surface area contributed by atoms with Crippen LogP contribution < -0.4 is 14.4 Å². The zero-order valence-corrected chi connectivity index (χ0v) is 24.7. The molecule has 0 aliphatic heterocycles. The van der Waals surface area contributed by atoms with Crippen LogP contribution in [0.15, 0.2) is 83.3 Å². The second kappa shape index (κ2) is 10.8. The molecule has 1 amide bonds. The van der Waals surface area contributed by atoms with Gasteiger partial charge in [0.1, 0.15) is 5.69 Å². The molecule has 0 saturated carbocycles. The second-order valence-corrected chi connectivity index (χ2v) is 12.8. The summed E-state index contributed by atoms with van der Waals surface area (Å²) in [4.78, 5) is 26.7. The molecule has 0 aliphatic rings. The van der Waals surface area contributed by atoms with Crippen molar-refractivity contribution in [1.29, 1.82) is 0 Å². The molecule has 0 spiro atoms. The summed E-state index contributed by atoms with van der Waals surface area (Å²) in [6.45, 7) is 5.91. The van der Waals surface area contributed by atoms with E-state index in [2.05, 4.69) is 21.2 Å². The first-order chi connectivity index (χ1) is 18.3. The van der Waals surface area contributed by atoms with Gasteiger partial charge in [-0.1, -0.05) is 79.2 Å². The Morgan fingerprint density at radius 1 is 0.897 bits per heavy atom. The summed E-state index contributed by atoms with van der Waals surface area (Å²) in [6.07, 6.45) is 1.10. The number of carbonyl (C=O) groups excluding carboxylic acids is 2. The van der Waals surface area contributed by atoms with Gasteiger partial charge in [-0.2, -0.15) is 0 Å². The Kier molecular flexibility index (Phi) is 7.86. The highest BCUT2D eigenvalue weighted by molar-refractivity contribution is 9.10. The lowest BCUT2D eigenvalue weighted by Crippen LogP contribution is -2.27. The quantitative estimate of drug-likeness (QED) is 0.183. The van der Waals surface area contributed by atoms with E-state index in [0.717, 1.165) is 21.7 Å². The predicted molar refractivity (Wildman–Crippen MR) is 160 cm³/mol. The Hall–Kier alpha value is -3.69. The molecule has 4 aromatic carbocycles. The van der Waals surface area contributed by atoms with Crippen molar-refractivity contribution >= 4 is 65.5 Å². The number of carbonyl (C=O) groups is 2. The van der Waals surface area contributed by atoms with Crippen LogP contribution in [0.2, 0.25) is 0 Å². The highest BCUT2D eigenvalue weighted by Crippen LogP contribution is 2.44. The van der Waals surface area contributed by atoms with Gasteiger partial charge < -0.3 is 10.1 Å². The van der Waals surface area contributed by atoms with Gasteiger partial charge in [-0.15, -0.1) is 0 Å². The average Bonchev–Trinajstić information content (AvgIpc) is 2.88. The number of sulfonamides is 1. The van der Waals surface area contributed by atoms with Crippen molar-refractivity contribution in [2.45, 2.75) is 26.2 Å². The Balaban J connectivity index is 1.86. The van der Waals surface area contributed by atoms with Crippen molar-refractivity contribution in [2.24, 2.45) is 0 Å². The van der Waals surface area contributed by atoms with Crippen LogP contribution in [0.5, 0.6) is 5.75 Å². The maximum atomic E-state index is 13.4. The van der Waals surface area contributed by atoms with E-state index in [4.69, 9.17) is 4.74 Å². The van der Waals surface area contributed by atoms with Crippen LogP contribution in [0.25, 0.3) is 10.8 Å². The van der Waals surface area contributed by atoms with Crippen LogP contribution in [0.1, 0.15) is 36.7 Å². The molecule has 0 saturated heterocycles. The number of amides is 1. The fraction of sp³-hybridized carbons (Fsp3) is 0.200. The number of nitrogens with zero attached hydrogens (tertiary/aromatic N) is 1. The second-order valence-electron chi connectivity index (χ2n) is 10.1. The fourth-order valence-corrected chi connectivity index (χ4v) is 5.81. The number of ether oxygens (including phenoxy) is 1. The molecule has 1 N–H and O–H groups in total. The number of ketones is 1.